The molecule has 24 heavy (non-hydrogen) atoms. The van der Waals surface area contributed by atoms with Crippen LogP contribution < -0.4 is 4.74 Å². The summed E-state index contributed by atoms with van der Waals surface area (Å²) in [6.07, 6.45) is 4.86. The van der Waals surface area contributed by atoms with Crippen LogP contribution in [-0.2, 0) is 0 Å². The molecule has 0 amide bonds. The minimum Gasteiger partial charge on any atom is -0.465 e. The van der Waals surface area contributed by atoms with E-state index in [1.165, 1.54) is 6.33 Å². The molecule has 0 aliphatic heterocycles. The Morgan fingerprint density at radius 2 is 2.17 bits per heavy atom. The largest absolute Gasteiger partial charge is 0.465 e. The van der Waals surface area contributed by atoms with Gasteiger partial charge in [0, 0.05) is 11.8 Å². The lowest BCUT2D eigenvalue weighted by Gasteiger charge is -2.07. The molecular weight excluding hydrogens is 306 g/mol. The first-order chi connectivity index (χ1) is 11.8. The monoisotopic (exact) mass is 321 g/mol. The van der Waals surface area contributed by atoms with Gasteiger partial charge < -0.3 is 14.1 Å². The molecule has 7 nitrogen and oxygen atoms in total. The second kappa shape index (κ2) is 5.77. The molecule has 4 heterocycles. The molecular formula is C17H15N5O2. The van der Waals surface area contributed by atoms with Gasteiger partial charge in [-0.05, 0) is 37.6 Å². The molecule has 0 spiro atoms. The zero-order valence-corrected chi connectivity index (χ0v) is 13.3. The molecule has 0 bridgehead atoms. The lowest BCUT2D eigenvalue weighted by Crippen LogP contribution is -1.93. The minimum atomic E-state index is 0.446. The second-order valence-electron chi connectivity index (χ2n) is 5.26. The van der Waals surface area contributed by atoms with Crippen molar-refractivity contribution < 1.29 is 9.15 Å². The van der Waals surface area contributed by atoms with Gasteiger partial charge in [-0.15, -0.1) is 0 Å². The number of H-pyrrole nitrogens is 1. The average molecular weight is 321 g/mol. The first kappa shape index (κ1) is 14.4. The van der Waals surface area contributed by atoms with Gasteiger partial charge in [0.2, 0.25) is 0 Å². The van der Waals surface area contributed by atoms with E-state index in [2.05, 4.69) is 24.9 Å². The Labute approximate surface area is 137 Å². The van der Waals surface area contributed by atoms with Gasteiger partial charge in [-0.1, -0.05) is 0 Å². The molecule has 0 aromatic carbocycles. The molecule has 0 radical (unpaired) electrons. The molecule has 4 aromatic heterocycles. The lowest BCUT2D eigenvalue weighted by molar-refractivity contribution is 0.317. The maximum atomic E-state index is 5.64. The Hall–Kier alpha value is -3.22. The van der Waals surface area contributed by atoms with Gasteiger partial charge in [-0.2, -0.15) is 4.98 Å². The van der Waals surface area contributed by atoms with Crippen LogP contribution in [0.25, 0.3) is 33.9 Å². The predicted octanol–water partition coefficient (Wildman–Crippen LogP) is 3.38. The van der Waals surface area contributed by atoms with Crippen LogP contribution in [0.1, 0.15) is 12.5 Å². The number of hydrogen-bond donors (Lipinski definition) is 1. The third kappa shape index (κ3) is 2.40. The molecule has 0 aliphatic rings. The van der Waals surface area contributed by atoms with E-state index in [4.69, 9.17) is 9.15 Å². The molecule has 7 heteroatoms. The Morgan fingerprint density at radius 3 is 2.88 bits per heavy atom. The average Bonchev–Trinajstić information content (AvgIpc) is 3.19. The zero-order valence-electron chi connectivity index (χ0n) is 13.3. The topological polar surface area (TPSA) is 89.7 Å². The Bertz CT molecular complexity index is 991. The molecule has 4 aromatic rings. The van der Waals surface area contributed by atoms with Gasteiger partial charge in [0.15, 0.2) is 11.4 Å². The standard InChI is InChI=1S/C17H15N5O2/c1-3-23-17-20-13-8-11(12-4-6-18-9-19-12)14(21-16(13)22-17)15-10(2)5-7-24-15/h4-9H,3H2,1-2H3,(H,20,21,22). The number of ether oxygens (including phenoxy) is 1. The highest BCUT2D eigenvalue weighted by Crippen LogP contribution is 2.34. The van der Waals surface area contributed by atoms with Crippen LogP contribution in [0, 0.1) is 6.92 Å². The zero-order chi connectivity index (χ0) is 16.5. The fourth-order valence-corrected chi connectivity index (χ4v) is 2.56. The second-order valence-corrected chi connectivity index (χ2v) is 5.26. The summed E-state index contributed by atoms with van der Waals surface area (Å²) in [5.41, 5.74) is 4.64. The summed E-state index contributed by atoms with van der Waals surface area (Å²) < 4.78 is 11.1. The normalized spacial score (nSPS) is 11.1. The van der Waals surface area contributed by atoms with Crippen LogP contribution in [-0.4, -0.2) is 31.5 Å². The summed E-state index contributed by atoms with van der Waals surface area (Å²) in [5.74, 6) is 0.700. The van der Waals surface area contributed by atoms with Crippen molar-refractivity contribution in [2.75, 3.05) is 6.61 Å². The summed E-state index contributed by atoms with van der Waals surface area (Å²) in [6.45, 7) is 4.41. The molecule has 0 saturated carbocycles. The third-order valence-electron chi connectivity index (χ3n) is 3.67. The van der Waals surface area contributed by atoms with Gasteiger partial charge in [-0.3, -0.25) is 0 Å². The van der Waals surface area contributed by atoms with Crippen LogP contribution in [0.5, 0.6) is 6.01 Å². The number of hydrogen-bond acceptors (Lipinski definition) is 6. The number of pyridine rings is 1. The van der Waals surface area contributed by atoms with E-state index in [-0.39, 0.29) is 0 Å². The van der Waals surface area contributed by atoms with Crippen molar-refractivity contribution >= 4 is 11.2 Å². The first-order valence-electron chi connectivity index (χ1n) is 7.60. The van der Waals surface area contributed by atoms with E-state index in [9.17, 15) is 0 Å². The first-order valence-corrected chi connectivity index (χ1v) is 7.60. The molecule has 0 aliphatic carbocycles. The molecule has 4 rings (SSSR count). The Kier molecular flexibility index (Phi) is 3.45. The van der Waals surface area contributed by atoms with E-state index < -0.39 is 0 Å². The highest BCUT2D eigenvalue weighted by Gasteiger charge is 2.18. The van der Waals surface area contributed by atoms with Crippen molar-refractivity contribution in [2.45, 2.75) is 13.8 Å². The molecule has 0 saturated heterocycles. The maximum Gasteiger partial charge on any atom is 0.296 e. The van der Waals surface area contributed by atoms with E-state index in [1.807, 2.05) is 32.0 Å². The SMILES string of the molecule is CCOc1nc2nc(-c3occc3C)c(-c3ccncn3)cc2[nH]1. The van der Waals surface area contributed by atoms with Crippen molar-refractivity contribution in [1.82, 2.24) is 24.9 Å². The molecule has 1 N–H and O–H groups in total. The minimum absolute atomic E-state index is 0.446. The Balaban J connectivity index is 1.98. The van der Waals surface area contributed by atoms with E-state index in [1.54, 1.807) is 12.5 Å². The number of aromatic amines is 1. The summed E-state index contributed by atoms with van der Waals surface area (Å²) in [5, 5.41) is 0. The number of aryl methyl sites for hydroxylation is 1. The fraction of sp³-hybridized carbons (Fsp3) is 0.176. The number of aromatic nitrogens is 5. The van der Waals surface area contributed by atoms with Gasteiger partial charge in [0.05, 0.1) is 24.1 Å². The number of fused-ring (bicyclic) bond motifs is 1. The number of nitrogens with zero attached hydrogens (tertiary/aromatic N) is 4. The summed E-state index contributed by atoms with van der Waals surface area (Å²) in [4.78, 5) is 20.5. The molecule has 0 fully saturated rings. The van der Waals surface area contributed by atoms with Crippen molar-refractivity contribution in [3.8, 4) is 28.7 Å². The fourth-order valence-electron chi connectivity index (χ4n) is 2.56. The highest BCUT2D eigenvalue weighted by molar-refractivity contribution is 5.87. The quantitative estimate of drug-likeness (QED) is 0.619. The van der Waals surface area contributed by atoms with E-state index in [0.29, 0.717) is 29.7 Å². The lowest BCUT2D eigenvalue weighted by atomic mass is 10.1. The van der Waals surface area contributed by atoms with Crippen LogP contribution in [0.2, 0.25) is 0 Å². The van der Waals surface area contributed by atoms with Crippen molar-refractivity contribution in [1.29, 1.82) is 0 Å². The van der Waals surface area contributed by atoms with Gasteiger partial charge in [-0.25, -0.2) is 15.0 Å². The maximum absolute atomic E-state index is 5.64. The smallest absolute Gasteiger partial charge is 0.296 e. The van der Waals surface area contributed by atoms with E-state index in [0.717, 1.165) is 22.3 Å². The van der Waals surface area contributed by atoms with Crippen molar-refractivity contribution in [2.24, 2.45) is 0 Å². The van der Waals surface area contributed by atoms with Gasteiger partial charge in [0.25, 0.3) is 6.01 Å². The number of imidazole rings is 1. The van der Waals surface area contributed by atoms with Crippen molar-refractivity contribution in [3.05, 3.63) is 42.5 Å². The highest BCUT2D eigenvalue weighted by atomic mass is 16.5. The van der Waals surface area contributed by atoms with Crippen LogP contribution in [0.4, 0.5) is 0 Å². The van der Waals surface area contributed by atoms with Crippen molar-refractivity contribution in [3.63, 3.8) is 0 Å². The summed E-state index contributed by atoms with van der Waals surface area (Å²) >= 11 is 0. The van der Waals surface area contributed by atoms with Gasteiger partial charge >= 0.3 is 0 Å². The van der Waals surface area contributed by atoms with Crippen LogP contribution >= 0.6 is 0 Å². The third-order valence-corrected chi connectivity index (χ3v) is 3.67. The summed E-state index contributed by atoms with van der Waals surface area (Å²) in [7, 11) is 0. The number of nitrogens with one attached hydrogen (secondary N) is 1. The van der Waals surface area contributed by atoms with Crippen LogP contribution in [0.3, 0.4) is 0 Å². The van der Waals surface area contributed by atoms with Gasteiger partial charge in [0.1, 0.15) is 12.0 Å². The Morgan fingerprint density at radius 1 is 1.25 bits per heavy atom. The van der Waals surface area contributed by atoms with Crippen LogP contribution in [0.15, 0.2) is 41.4 Å². The number of furan rings is 1. The molecule has 120 valence electrons. The number of rotatable bonds is 4. The van der Waals surface area contributed by atoms with E-state index >= 15 is 0 Å². The molecule has 0 unspecified atom stereocenters. The predicted molar refractivity (Wildman–Crippen MR) is 88.5 cm³/mol. The molecule has 0 atom stereocenters. The summed E-state index contributed by atoms with van der Waals surface area (Å²) in [6, 6.07) is 6.14.